The van der Waals surface area contributed by atoms with Crippen LogP contribution in [-0.4, -0.2) is 17.0 Å². The van der Waals surface area contributed by atoms with E-state index in [-0.39, 0.29) is 6.54 Å². The van der Waals surface area contributed by atoms with Gasteiger partial charge in [0.2, 0.25) is 0 Å². The van der Waals surface area contributed by atoms with E-state index in [4.69, 9.17) is 5.11 Å². The van der Waals surface area contributed by atoms with Crippen molar-refractivity contribution < 1.29 is 14.7 Å². The van der Waals surface area contributed by atoms with E-state index in [0.29, 0.717) is 0 Å². The molecular weight excluding hydrogens is 250 g/mol. The van der Waals surface area contributed by atoms with Crippen LogP contribution in [0.2, 0.25) is 0 Å². The van der Waals surface area contributed by atoms with E-state index < -0.39 is 11.9 Å². The summed E-state index contributed by atoms with van der Waals surface area (Å²) in [6.45, 7) is 0.201. The fraction of sp³-hybridized carbons (Fsp3) is 0.111. The first kappa shape index (κ1) is 10.7. The van der Waals surface area contributed by atoms with Crippen LogP contribution in [0, 0.1) is 0 Å². The summed E-state index contributed by atoms with van der Waals surface area (Å²) in [5.41, 5.74) is 0.835. The number of hydrogen-bond donors (Lipinski definition) is 2. The molecule has 1 aromatic rings. The second-order valence-electron chi connectivity index (χ2n) is 2.58. The van der Waals surface area contributed by atoms with Crippen molar-refractivity contribution in [1.82, 2.24) is 5.32 Å². The molecule has 14 heavy (non-hydrogen) atoms. The number of halogens is 1. The molecule has 0 heterocycles. The Morgan fingerprint density at radius 1 is 1.36 bits per heavy atom. The van der Waals surface area contributed by atoms with E-state index in [2.05, 4.69) is 21.2 Å². The average Bonchev–Trinajstić information content (AvgIpc) is 2.16. The zero-order valence-electron chi connectivity index (χ0n) is 7.16. The van der Waals surface area contributed by atoms with Gasteiger partial charge in [-0.1, -0.05) is 34.1 Å². The minimum absolute atomic E-state index is 0.201. The number of hydrogen-bond acceptors (Lipinski definition) is 2. The molecule has 0 unspecified atom stereocenters. The minimum atomic E-state index is -1.47. The molecule has 0 saturated heterocycles. The Balaban J connectivity index is 2.58. The molecule has 1 rings (SSSR count). The molecule has 0 saturated carbocycles. The standard InChI is InChI=1S/C9H8BrNO3/c10-7-4-2-1-3-6(7)5-11-8(12)9(13)14/h1-4H,5H2,(H,11,12)(H,13,14). The first-order valence-electron chi connectivity index (χ1n) is 3.86. The van der Waals surface area contributed by atoms with E-state index in [1.54, 1.807) is 6.07 Å². The predicted octanol–water partition coefficient (Wildman–Crippen LogP) is 1.15. The highest BCUT2D eigenvalue weighted by Gasteiger charge is 2.10. The van der Waals surface area contributed by atoms with Gasteiger partial charge in [0.25, 0.3) is 0 Å². The van der Waals surface area contributed by atoms with Gasteiger partial charge in [0, 0.05) is 11.0 Å². The van der Waals surface area contributed by atoms with Gasteiger partial charge < -0.3 is 10.4 Å². The number of carbonyl (C=O) groups excluding carboxylic acids is 1. The van der Waals surface area contributed by atoms with Crippen molar-refractivity contribution >= 4 is 27.8 Å². The smallest absolute Gasteiger partial charge is 0.394 e. The molecule has 0 aliphatic rings. The first-order chi connectivity index (χ1) is 6.61. The topological polar surface area (TPSA) is 66.4 Å². The molecule has 0 aromatic heterocycles. The van der Waals surface area contributed by atoms with Gasteiger partial charge in [-0.25, -0.2) is 4.79 Å². The number of rotatable bonds is 2. The Kier molecular flexibility index (Phi) is 3.64. The summed E-state index contributed by atoms with van der Waals surface area (Å²) < 4.78 is 0.839. The number of amides is 1. The largest absolute Gasteiger partial charge is 0.474 e. The van der Waals surface area contributed by atoms with Crippen LogP contribution in [0.1, 0.15) is 5.56 Å². The zero-order valence-corrected chi connectivity index (χ0v) is 8.74. The number of carboxylic acids is 1. The van der Waals surface area contributed by atoms with E-state index in [9.17, 15) is 9.59 Å². The van der Waals surface area contributed by atoms with Crippen LogP contribution in [0.4, 0.5) is 0 Å². The van der Waals surface area contributed by atoms with Gasteiger partial charge in [-0.15, -0.1) is 0 Å². The highest BCUT2D eigenvalue weighted by molar-refractivity contribution is 9.10. The SMILES string of the molecule is O=C(O)C(=O)NCc1ccccc1Br. The van der Waals surface area contributed by atoms with Gasteiger partial charge in [0.05, 0.1) is 0 Å². The van der Waals surface area contributed by atoms with Crippen LogP contribution in [0.5, 0.6) is 0 Å². The number of aliphatic carboxylic acids is 1. The second kappa shape index (κ2) is 4.76. The summed E-state index contributed by atoms with van der Waals surface area (Å²) in [6.07, 6.45) is 0. The molecule has 0 aliphatic carbocycles. The molecule has 4 nitrogen and oxygen atoms in total. The highest BCUT2D eigenvalue weighted by Crippen LogP contribution is 2.14. The summed E-state index contributed by atoms with van der Waals surface area (Å²) in [7, 11) is 0. The molecule has 74 valence electrons. The Bertz CT molecular complexity index is 365. The average molecular weight is 258 g/mol. The number of benzene rings is 1. The van der Waals surface area contributed by atoms with Crippen molar-refractivity contribution in [3.05, 3.63) is 34.3 Å². The van der Waals surface area contributed by atoms with Crippen molar-refractivity contribution in [3.63, 3.8) is 0 Å². The van der Waals surface area contributed by atoms with Gasteiger partial charge >= 0.3 is 11.9 Å². The van der Waals surface area contributed by atoms with Crippen LogP contribution >= 0.6 is 15.9 Å². The summed E-state index contributed by atoms with van der Waals surface area (Å²) in [6, 6.07) is 7.27. The van der Waals surface area contributed by atoms with Gasteiger partial charge in [-0.05, 0) is 11.6 Å². The Hall–Kier alpha value is -1.36. The van der Waals surface area contributed by atoms with Crippen LogP contribution < -0.4 is 5.32 Å². The molecule has 1 amide bonds. The third-order valence-corrected chi connectivity index (χ3v) is 2.37. The normalized spacial score (nSPS) is 9.50. The summed E-state index contributed by atoms with van der Waals surface area (Å²) in [5, 5.41) is 10.6. The van der Waals surface area contributed by atoms with E-state index in [1.807, 2.05) is 18.2 Å². The van der Waals surface area contributed by atoms with E-state index >= 15 is 0 Å². The Morgan fingerprint density at radius 2 is 2.00 bits per heavy atom. The fourth-order valence-electron chi connectivity index (χ4n) is 0.893. The molecule has 0 fully saturated rings. The number of carbonyl (C=O) groups is 2. The summed E-state index contributed by atoms with van der Waals surface area (Å²) in [4.78, 5) is 20.9. The van der Waals surface area contributed by atoms with Crippen molar-refractivity contribution in [2.75, 3.05) is 0 Å². The molecule has 0 aliphatic heterocycles. The lowest BCUT2D eigenvalue weighted by molar-refractivity contribution is -0.150. The molecule has 1 aromatic carbocycles. The van der Waals surface area contributed by atoms with Gasteiger partial charge in [0.1, 0.15) is 0 Å². The zero-order chi connectivity index (χ0) is 10.6. The lowest BCUT2D eigenvalue weighted by Crippen LogP contribution is -2.30. The number of carboxylic acid groups (broad SMARTS) is 1. The van der Waals surface area contributed by atoms with Gasteiger partial charge in [-0.2, -0.15) is 0 Å². The van der Waals surface area contributed by atoms with Crippen molar-refractivity contribution in [1.29, 1.82) is 0 Å². The molecule has 5 heteroatoms. The van der Waals surface area contributed by atoms with Gasteiger partial charge in [-0.3, -0.25) is 4.79 Å². The Morgan fingerprint density at radius 3 is 2.57 bits per heavy atom. The van der Waals surface area contributed by atoms with Gasteiger partial charge in [0.15, 0.2) is 0 Å². The fourth-order valence-corrected chi connectivity index (χ4v) is 1.32. The molecule has 0 bridgehead atoms. The summed E-state index contributed by atoms with van der Waals surface area (Å²) in [5.74, 6) is -2.47. The van der Waals surface area contributed by atoms with Crippen molar-refractivity contribution in [3.8, 4) is 0 Å². The summed E-state index contributed by atoms with van der Waals surface area (Å²) >= 11 is 3.28. The van der Waals surface area contributed by atoms with Crippen LogP contribution in [-0.2, 0) is 16.1 Å². The molecule has 0 spiro atoms. The predicted molar refractivity (Wildman–Crippen MR) is 53.6 cm³/mol. The maximum atomic E-state index is 10.7. The third kappa shape index (κ3) is 2.85. The minimum Gasteiger partial charge on any atom is -0.474 e. The van der Waals surface area contributed by atoms with Crippen molar-refractivity contribution in [2.45, 2.75) is 6.54 Å². The third-order valence-electron chi connectivity index (χ3n) is 1.59. The number of nitrogens with one attached hydrogen (secondary N) is 1. The first-order valence-corrected chi connectivity index (χ1v) is 4.65. The second-order valence-corrected chi connectivity index (χ2v) is 3.43. The highest BCUT2D eigenvalue weighted by atomic mass is 79.9. The molecule has 0 atom stereocenters. The van der Waals surface area contributed by atoms with Crippen LogP contribution in [0.25, 0.3) is 0 Å². The van der Waals surface area contributed by atoms with Crippen LogP contribution in [0.15, 0.2) is 28.7 Å². The Labute approximate surface area is 89.1 Å². The quantitative estimate of drug-likeness (QED) is 0.782. The van der Waals surface area contributed by atoms with E-state index in [1.165, 1.54) is 0 Å². The molecule has 2 N–H and O–H groups in total. The maximum Gasteiger partial charge on any atom is 0.394 e. The maximum absolute atomic E-state index is 10.7. The van der Waals surface area contributed by atoms with E-state index in [0.717, 1.165) is 10.0 Å². The monoisotopic (exact) mass is 257 g/mol. The van der Waals surface area contributed by atoms with Crippen molar-refractivity contribution in [2.24, 2.45) is 0 Å². The molecule has 0 radical (unpaired) electrons. The van der Waals surface area contributed by atoms with Crippen LogP contribution in [0.3, 0.4) is 0 Å². The lowest BCUT2D eigenvalue weighted by Gasteiger charge is -2.03. The molecular formula is C9H8BrNO3. The lowest BCUT2D eigenvalue weighted by atomic mass is 10.2.